The first kappa shape index (κ1) is 13.9. The van der Waals surface area contributed by atoms with Crippen molar-refractivity contribution >= 4 is 5.97 Å². The van der Waals surface area contributed by atoms with Crippen LogP contribution in [0.4, 0.5) is 0 Å². The van der Waals surface area contributed by atoms with E-state index in [4.69, 9.17) is 14.3 Å². The van der Waals surface area contributed by atoms with Crippen molar-refractivity contribution in [1.82, 2.24) is 0 Å². The average molecular weight is 272 g/mol. The van der Waals surface area contributed by atoms with Crippen LogP contribution < -0.4 is 4.74 Å². The van der Waals surface area contributed by atoms with E-state index in [9.17, 15) is 4.79 Å². The van der Waals surface area contributed by atoms with Crippen LogP contribution in [0.3, 0.4) is 0 Å². The molecule has 4 nitrogen and oxygen atoms in total. The van der Waals surface area contributed by atoms with E-state index in [1.54, 1.807) is 12.1 Å². The summed E-state index contributed by atoms with van der Waals surface area (Å²) < 4.78 is 10.6. The minimum absolute atomic E-state index is 0.0635. The second kappa shape index (κ2) is 6.10. The molecule has 0 aliphatic heterocycles. The van der Waals surface area contributed by atoms with Gasteiger partial charge in [0, 0.05) is 5.56 Å². The SMILES string of the molecule is CC(C)=CCOc1cccc(-c2ccoc2C(=O)O)c1. The first-order chi connectivity index (χ1) is 9.58. The number of allylic oxidation sites excluding steroid dienone is 1. The number of aromatic carboxylic acids is 1. The molecule has 0 saturated carbocycles. The van der Waals surface area contributed by atoms with E-state index < -0.39 is 5.97 Å². The van der Waals surface area contributed by atoms with E-state index in [1.807, 2.05) is 38.1 Å². The van der Waals surface area contributed by atoms with Gasteiger partial charge in [-0.25, -0.2) is 4.79 Å². The summed E-state index contributed by atoms with van der Waals surface area (Å²) in [5, 5.41) is 9.05. The van der Waals surface area contributed by atoms with Crippen molar-refractivity contribution in [3.05, 3.63) is 54.0 Å². The molecule has 0 spiro atoms. The van der Waals surface area contributed by atoms with Crippen LogP contribution >= 0.6 is 0 Å². The van der Waals surface area contributed by atoms with Crippen molar-refractivity contribution < 1.29 is 19.1 Å². The maximum Gasteiger partial charge on any atom is 0.372 e. The van der Waals surface area contributed by atoms with E-state index in [0.717, 1.165) is 5.56 Å². The molecule has 0 aliphatic carbocycles. The highest BCUT2D eigenvalue weighted by atomic mass is 16.5. The van der Waals surface area contributed by atoms with Gasteiger partial charge in [0.1, 0.15) is 12.4 Å². The van der Waals surface area contributed by atoms with Gasteiger partial charge >= 0.3 is 5.97 Å². The molecule has 1 aromatic carbocycles. The van der Waals surface area contributed by atoms with E-state index >= 15 is 0 Å². The maximum atomic E-state index is 11.1. The van der Waals surface area contributed by atoms with Gasteiger partial charge in [0.2, 0.25) is 5.76 Å². The van der Waals surface area contributed by atoms with Gasteiger partial charge in [-0.1, -0.05) is 17.7 Å². The molecular weight excluding hydrogens is 256 g/mol. The monoisotopic (exact) mass is 272 g/mol. The van der Waals surface area contributed by atoms with Gasteiger partial charge in [-0.3, -0.25) is 0 Å². The Balaban J connectivity index is 2.23. The lowest BCUT2D eigenvalue weighted by Gasteiger charge is -2.06. The van der Waals surface area contributed by atoms with Gasteiger partial charge < -0.3 is 14.3 Å². The number of carbonyl (C=O) groups is 1. The molecule has 4 heteroatoms. The maximum absolute atomic E-state index is 11.1. The number of carboxylic acid groups (broad SMARTS) is 1. The van der Waals surface area contributed by atoms with Crippen molar-refractivity contribution in [2.45, 2.75) is 13.8 Å². The molecular formula is C16H16O4. The molecule has 0 atom stereocenters. The number of ether oxygens (including phenoxy) is 1. The molecule has 0 unspecified atom stereocenters. The lowest BCUT2D eigenvalue weighted by molar-refractivity contribution is 0.0663. The van der Waals surface area contributed by atoms with Crippen molar-refractivity contribution in [3.63, 3.8) is 0 Å². The molecule has 1 aromatic heterocycles. The summed E-state index contributed by atoms with van der Waals surface area (Å²) in [6, 6.07) is 8.93. The Hall–Kier alpha value is -2.49. The van der Waals surface area contributed by atoms with Crippen LogP contribution in [0.5, 0.6) is 5.75 Å². The third-order valence-electron chi connectivity index (χ3n) is 2.75. The first-order valence-electron chi connectivity index (χ1n) is 6.25. The van der Waals surface area contributed by atoms with Crippen molar-refractivity contribution in [2.75, 3.05) is 6.61 Å². The van der Waals surface area contributed by atoms with Crippen LogP contribution in [-0.2, 0) is 0 Å². The van der Waals surface area contributed by atoms with Crippen LogP contribution in [0, 0.1) is 0 Å². The van der Waals surface area contributed by atoms with Crippen LogP contribution in [-0.4, -0.2) is 17.7 Å². The number of hydrogen-bond donors (Lipinski definition) is 1. The highest BCUT2D eigenvalue weighted by molar-refractivity contribution is 5.93. The summed E-state index contributed by atoms with van der Waals surface area (Å²) in [6.07, 6.45) is 3.35. The minimum Gasteiger partial charge on any atom is -0.490 e. The Labute approximate surface area is 117 Å². The summed E-state index contributed by atoms with van der Waals surface area (Å²) in [5.41, 5.74) is 2.49. The van der Waals surface area contributed by atoms with Gasteiger partial charge in [-0.2, -0.15) is 0 Å². The first-order valence-corrected chi connectivity index (χ1v) is 6.25. The van der Waals surface area contributed by atoms with Crippen LogP contribution in [0.25, 0.3) is 11.1 Å². The van der Waals surface area contributed by atoms with Gasteiger partial charge in [0.05, 0.1) is 6.26 Å². The lowest BCUT2D eigenvalue weighted by Crippen LogP contribution is -1.97. The van der Waals surface area contributed by atoms with Crippen LogP contribution in [0.1, 0.15) is 24.4 Å². The molecule has 104 valence electrons. The summed E-state index contributed by atoms with van der Waals surface area (Å²) in [5.74, 6) is -0.454. The highest BCUT2D eigenvalue weighted by Crippen LogP contribution is 2.28. The second-order valence-electron chi connectivity index (χ2n) is 4.59. The van der Waals surface area contributed by atoms with Crippen molar-refractivity contribution in [2.24, 2.45) is 0 Å². The topological polar surface area (TPSA) is 59.7 Å². The number of carboxylic acids is 1. The van der Waals surface area contributed by atoms with Crippen LogP contribution in [0.15, 0.2) is 52.7 Å². The zero-order valence-corrected chi connectivity index (χ0v) is 11.4. The molecule has 2 rings (SSSR count). The number of furan rings is 1. The molecule has 0 radical (unpaired) electrons. The van der Waals surface area contributed by atoms with Crippen molar-refractivity contribution in [1.29, 1.82) is 0 Å². The quantitative estimate of drug-likeness (QED) is 0.836. The molecule has 0 amide bonds. The molecule has 1 heterocycles. The van der Waals surface area contributed by atoms with E-state index in [-0.39, 0.29) is 5.76 Å². The predicted octanol–water partition coefficient (Wildman–Crippen LogP) is 3.99. The lowest BCUT2D eigenvalue weighted by atomic mass is 10.1. The number of benzene rings is 1. The fraction of sp³-hybridized carbons (Fsp3) is 0.188. The molecule has 2 aromatic rings. The smallest absolute Gasteiger partial charge is 0.372 e. The fourth-order valence-electron chi connectivity index (χ4n) is 1.76. The van der Waals surface area contributed by atoms with Gasteiger partial charge in [-0.05, 0) is 43.7 Å². The predicted molar refractivity (Wildman–Crippen MR) is 76.0 cm³/mol. The van der Waals surface area contributed by atoms with Crippen molar-refractivity contribution in [3.8, 4) is 16.9 Å². The normalized spacial score (nSPS) is 10.1. The summed E-state index contributed by atoms with van der Waals surface area (Å²) in [4.78, 5) is 11.1. The Morgan fingerprint density at radius 3 is 2.85 bits per heavy atom. The molecule has 1 N–H and O–H groups in total. The van der Waals surface area contributed by atoms with Gasteiger partial charge in [-0.15, -0.1) is 0 Å². The molecule has 20 heavy (non-hydrogen) atoms. The molecule has 0 saturated heterocycles. The highest BCUT2D eigenvalue weighted by Gasteiger charge is 2.15. The molecule has 0 aliphatic rings. The zero-order chi connectivity index (χ0) is 14.5. The third kappa shape index (κ3) is 3.29. The molecule has 0 fully saturated rings. The second-order valence-corrected chi connectivity index (χ2v) is 4.59. The zero-order valence-electron chi connectivity index (χ0n) is 11.4. The minimum atomic E-state index is -1.08. The summed E-state index contributed by atoms with van der Waals surface area (Å²) in [7, 11) is 0. The standard InChI is InChI=1S/C16H16O4/c1-11(2)6-8-19-13-5-3-4-12(10-13)14-7-9-20-15(14)16(17)18/h3-7,9-10H,8H2,1-2H3,(H,17,18). The van der Waals surface area contributed by atoms with E-state index in [0.29, 0.717) is 17.9 Å². The fourth-order valence-corrected chi connectivity index (χ4v) is 1.76. The Morgan fingerprint density at radius 1 is 1.35 bits per heavy atom. The Kier molecular flexibility index (Phi) is 4.25. The van der Waals surface area contributed by atoms with Crippen LogP contribution in [0.2, 0.25) is 0 Å². The van der Waals surface area contributed by atoms with E-state index in [1.165, 1.54) is 11.8 Å². The summed E-state index contributed by atoms with van der Waals surface area (Å²) >= 11 is 0. The van der Waals surface area contributed by atoms with Gasteiger partial charge in [0.15, 0.2) is 0 Å². The van der Waals surface area contributed by atoms with Gasteiger partial charge in [0.25, 0.3) is 0 Å². The Bertz CT molecular complexity index is 633. The Morgan fingerprint density at radius 2 is 2.15 bits per heavy atom. The average Bonchev–Trinajstić information content (AvgIpc) is 2.88. The largest absolute Gasteiger partial charge is 0.490 e. The number of hydrogen-bond acceptors (Lipinski definition) is 3. The third-order valence-corrected chi connectivity index (χ3v) is 2.75. The molecule has 0 bridgehead atoms. The summed E-state index contributed by atoms with van der Waals surface area (Å²) in [6.45, 7) is 4.50. The van der Waals surface area contributed by atoms with E-state index in [2.05, 4.69) is 0 Å². The number of rotatable bonds is 5.